The van der Waals surface area contributed by atoms with E-state index < -0.39 is 0 Å². The number of rotatable bonds is 3. The van der Waals surface area contributed by atoms with Crippen molar-refractivity contribution >= 4 is 11.3 Å². The average Bonchev–Trinajstić information content (AvgIpc) is 2.99. The lowest BCUT2D eigenvalue weighted by Gasteiger charge is -2.30. The van der Waals surface area contributed by atoms with Gasteiger partial charge in [-0.3, -0.25) is 4.90 Å². The number of hydrogen-bond acceptors (Lipinski definition) is 4. The van der Waals surface area contributed by atoms with E-state index in [1.54, 1.807) is 11.3 Å². The van der Waals surface area contributed by atoms with E-state index in [2.05, 4.69) is 22.5 Å². The average molecular weight is 265 g/mol. The lowest BCUT2D eigenvalue weighted by molar-refractivity contribution is 0.191. The molecule has 18 heavy (non-hydrogen) atoms. The van der Waals surface area contributed by atoms with Crippen LogP contribution in [0, 0.1) is 12.8 Å². The van der Waals surface area contributed by atoms with Crippen molar-refractivity contribution in [2.75, 3.05) is 26.2 Å². The number of nitrogens with zero attached hydrogens (tertiary/aromatic N) is 2. The molecule has 0 radical (unpaired) electrons. The number of nitrogens with one attached hydrogen (secondary N) is 1. The zero-order valence-electron chi connectivity index (χ0n) is 11.2. The number of hydrogen-bond donors (Lipinski definition) is 1. The fraction of sp³-hybridized carbons (Fsp3) is 0.786. The predicted molar refractivity (Wildman–Crippen MR) is 76.0 cm³/mol. The molecule has 2 aliphatic rings. The molecule has 3 heterocycles. The summed E-state index contributed by atoms with van der Waals surface area (Å²) in [5.74, 6) is 0.895. The molecule has 0 aromatic carbocycles. The maximum absolute atomic E-state index is 4.70. The van der Waals surface area contributed by atoms with E-state index in [-0.39, 0.29) is 0 Å². The third-order valence-electron chi connectivity index (χ3n) is 4.29. The minimum absolute atomic E-state index is 0.602. The fourth-order valence-electron chi connectivity index (χ4n) is 3.31. The Balaban J connectivity index is 1.63. The molecule has 2 aliphatic heterocycles. The van der Waals surface area contributed by atoms with Crippen molar-refractivity contribution in [1.29, 1.82) is 0 Å². The Kier molecular flexibility index (Phi) is 3.97. The molecule has 0 aliphatic carbocycles. The van der Waals surface area contributed by atoms with Crippen molar-refractivity contribution < 1.29 is 0 Å². The Bertz CT molecular complexity index is 384. The molecule has 0 saturated carbocycles. The van der Waals surface area contributed by atoms with Crippen LogP contribution in [0.4, 0.5) is 0 Å². The van der Waals surface area contributed by atoms with Crippen molar-refractivity contribution in [1.82, 2.24) is 15.2 Å². The normalized spacial score (nSPS) is 26.8. The summed E-state index contributed by atoms with van der Waals surface area (Å²) in [5, 5.41) is 6.93. The molecule has 2 fully saturated rings. The van der Waals surface area contributed by atoms with Gasteiger partial charge in [0.15, 0.2) is 0 Å². The Morgan fingerprint density at radius 1 is 1.39 bits per heavy atom. The summed E-state index contributed by atoms with van der Waals surface area (Å²) >= 11 is 1.79. The van der Waals surface area contributed by atoms with Crippen LogP contribution in [0.25, 0.3) is 0 Å². The molecule has 0 unspecified atom stereocenters. The number of aromatic nitrogens is 1. The van der Waals surface area contributed by atoms with E-state index in [1.165, 1.54) is 62.6 Å². The summed E-state index contributed by atoms with van der Waals surface area (Å²) < 4.78 is 0. The van der Waals surface area contributed by atoms with Gasteiger partial charge in [-0.25, -0.2) is 4.98 Å². The molecule has 100 valence electrons. The monoisotopic (exact) mass is 265 g/mol. The van der Waals surface area contributed by atoms with E-state index in [1.807, 2.05) is 0 Å². The first-order valence-electron chi connectivity index (χ1n) is 7.20. The zero-order valence-corrected chi connectivity index (χ0v) is 12.0. The first kappa shape index (κ1) is 12.6. The molecule has 2 saturated heterocycles. The Morgan fingerprint density at radius 3 is 2.94 bits per heavy atom. The van der Waals surface area contributed by atoms with Crippen molar-refractivity contribution in [2.45, 2.75) is 38.6 Å². The van der Waals surface area contributed by atoms with E-state index in [0.717, 1.165) is 5.92 Å². The van der Waals surface area contributed by atoms with E-state index in [4.69, 9.17) is 4.98 Å². The molecule has 0 spiro atoms. The van der Waals surface area contributed by atoms with Crippen LogP contribution in [-0.4, -0.2) is 36.1 Å². The van der Waals surface area contributed by atoms with Crippen LogP contribution in [0.2, 0.25) is 0 Å². The minimum atomic E-state index is 0.602. The van der Waals surface area contributed by atoms with Gasteiger partial charge in [0, 0.05) is 11.9 Å². The van der Waals surface area contributed by atoms with Crippen LogP contribution < -0.4 is 5.32 Å². The molecular weight excluding hydrogens is 242 g/mol. The first-order chi connectivity index (χ1) is 8.83. The van der Waals surface area contributed by atoms with Crippen molar-refractivity contribution in [3.8, 4) is 0 Å². The van der Waals surface area contributed by atoms with Gasteiger partial charge in [-0.15, -0.1) is 11.3 Å². The van der Waals surface area contributed by atoms with Crippen LogP contribution in [0.5, 0.6) is 0 Å². The van der Waals surface area contributed by atoms with Crippen LogP contribution in [0.15, 0.2) is 5.38 Å². The molecule has 4 heteroatoms. The van der Waals surface area contributed by atoms with Crippen molar-refractivity contribution in [3.63, 3.8) is 0 Å². The minimum Gasteiger partial charge on any atom is -0.317 e. The maximum Gasteiger partial charge on any atom is 0.0898 e. The van der Waals surface area contributed by atoms with E-state index >= 15 is 0 Å². The number of aryl methyl sites for hydroxylation is 1. The molecule has 1 N–H and O–H groups in total. The first-order valence-corrected chi connectivity index (χ1v) is 8.07. The molecule has 1 aromatic rings. The third kappa shape index (κ3) is 2.76. The second kappa shape index (κ2) is 5.68. The summed E-state index contributed by atoms with van der Waals surface area (Å²) in [6, 6.07) is 0.602. The molecule has 1 aromatic heterocycles. The lowest BCUT2D eigenvalue weighted by Crippen LogP contribution is -2.36. The third-order valence-corrected chi connectivity index (χ3v) is 5.09. The van der Waals surface area contributed by atoms with Gasteiger partial charge in [-0.2, -0.15) is 0 Å². The van der Waals surface area contributed by atoms with Crippen LogP contribution >= 0.6 is 11.3 Å². The summed E-state index contributed by atoms with van der Waals surface area (Å²) in [5.41, 5.74) is 1.32. The molecule has 3 rings (SSSR count). The molecular formula is C14H23N3S. The van der Waals surface area contributed by atoms with Gasteiger partial charge in [0.1, 0.15) is 0 Å². The van der Waals surface area contributed by atoms with Crippen LogP contribution in [0.3, 0.4) is 0 Å². The molecule has 0 bridgehead atoms. The SMILES string of the molecule is Cc1nc([C@H]2CCCN2CC2CCNCC2)cs1. The Labute approximate surface area is 114 Å². The smallest absolute Gasteiger partial charge is 0.0898 e. The highest BCUT2D eigenvalue weighted by Crippen LogP contribution is 2.33. The second-order valence-electron chi connectivity index (χ2n) is 5.64. The number of likely N-dealkylation sites (tertiary alicyclic amines) is 1. The van der Waals surface area contributed by atoms with Gasteiger partial charge >= 0.3 is 0 Å². The summed E-state index contributed by atoms with van der Waals surface area (Å²) in [6.45, 7) is 7.08. The van der Waals surface area contributed by atoms with E-state index in [9.17, 15) is 0 Å². The second-order valence-corrected chi connectivity index (χ2v) is 6.70. The standard InChI is InChI=1S/C14H23N3S/c1-11-16-13(10-18-11)14-3-2-8-17(14)9-12-4-6-15-7-5-12/h10,12,14-15H,2-9H2,1H3/t14-/m1/s1. The van der Waals surface area contributed by atoms with Gasteiger partial charge < -0.3 is 5.32 Å². The quantitative estimate of drug-likeness (QED) is 0.910. The highest BCUT2D eigenvalue weighted by molar-refractivity contribution is 7.09. The number of piperidine rings is 1. The zero-order chi connectivity index (χ0) is 12.4. The van der Waals surface area contributed by atoms with Crippen molar-refractivity contribution in [2.24, 2.45) is 5.92 Å². The highest BCUT2D eigenvalue weighted by Gasteiger charge is 2.29. The molecule has 3 nitrogen and oxygen atoms in total. The van der Waals surface area contributed by atoms with Crippen LogP contribution in [0.1, 0.15) is 42.4 Å². The van der Waals surface area contributed by atoms with Gasteiger partial charge in [0.05, 0.1) is 16.7 Å². The van der Waals surface area contributed by atoms with Gasteiger partial charge in [-0.1, -0.05) is 0 Å². The summed E-state index contributed by atoms with van der Waals surface area (Å²) in [6.07, 6.45) is 5.33. The van der Waals surface area contributed by atoms with Gasteiger partial charge in [0.25, 0.3) is 0 Å². The fourth-order valence-corrected chi connectivity index (χ4v) is 3.97. The summed E-state index contributed by atoms with van der Waals surface area (Å²) in [7, 11) is 0. The summed E-state index contributed by atoms with van der Waals surface area (Å²) in [4.78, 5) is 7.39. The van der Waals surface area contributed by atoms with Gasteiger partial charge in [0.2, 0.25) is 0 Å². The van der Waals surface area contributed by atoms with E-state index in [0.29, 0.717) is 6.04 Å². The Morgan fingerprint density at radius 2 is 2.22 bits per heavy atom. The molecule has 0 amide bonds. The topological polar surface area (TPSA) is 28.2 Å². The van der Waals surface area contributed by atoms with Gasteiger partial charge in [-0.05, 0) is 58.2 Å². The maximum atomic E-state index is 4.70. The highest BCUT2D eigenvalue weighted by atomic mass is 32.1. The largest absolute Gasteiger partial charge is 0.317 e. The Hall–Kier alpha value is -0.450. The van der Waals surface area contributed by atoms with Crippen LogP contribution in [-0.2, 0) is 0 Å². The number of thiazole rings is 1. The lowest BCUT2D eigenvalue weighted by atomic mass is 9.97. The van der Waals surface area contributed by atoms with Crippen molar-refractivity contribution in [3.05, 3.63) is 16.1 Å². The molecule has 1 atom stereocenters. The predicted octanol–water partition coefficient (Wildman–Crippen LogP) is 2.59.